The molecule has 136 valence electrons. The number of aryl methyl sites for hydroxylation is 1. The number of benzene rings is 1. The topological polar surface area (TPSA) is 31.1 Å². The first-order valence-electron chi connectivity index (χ1n) is 10.3. The molecule has 25 heavy (non-hydrogen) atoms. The van der Waals surface area contributed by atoms with Crippen LogP contribution in [0.25, 0.3) is 10.9 Å². The summed E-state index contributed by atoms with van der Waals surface area (Å²) in [5.74, 6) is 1.66. The first-order valence-corrected chi connectivity index (χ1v) is 10.3. The molecular formula is C22H33N3. The third kappa shape index (κ3) is 3.93. The van der Waals surface area contributed by atoms with Crippen molar-refractivity contribution < 1.29 is 0 Å². The van der Waals surface area contributed by atoms with Crippen molar-refractivity contribution in [3.63, 3.8) is 0 Å². The average Bonchev–Trinajstić information content (AvgIpc) is 2.99. The number of rotatable bonds is 5. The Labute approximate surface area is 152 Å². The van der Waals surface area contributed by atoms with E-state index < -0.39 is 0 Å². The number of nitrogens with one attached hydrogen (secondary N) is 2. The van der Waals surface area contributed by atoms with Crippen molar-refractivity contribution in [2.75, 3.05) is 32.7 Å². The van der Waals surface area contributed by atoms with E-state index in [9.17, 15) is 0 Å². The second-order valence-corrected chi connectivity index (χ2v) is 8.18. The molecule has 0 spiro atoms. The van der Waals surface area contributed by atoms with Crippen LogP contribution < -0.4 is 5.32 Å². The van der Waals surface area contributed by atoms with Crippen LogP contribution in [0.2, 0.25) is 0 Å². The molecule has 3 heterocycles. The fourth-order valence-corrected chi connectivity index (χ4v) is 5.04. The molecule has 3 nitrogen and oxygen atoms in total. The highest BCUT2D eigenvalue weighted by atomic mass is 15.1. The van der Waals surface area contributed by atoms with Crippen molar-refractivity contribution in [1.82, 2.24) is 15.2 Å². The molecule has 2 aliphatic heterocycles. The molecule has 1 atom stereocenters. The van der Waals surface area contributed by atoms with E-state index >= 15 is 0 Å². The van der Waals surface area contributed by atoms with E-state index in [2.05, 4.69) is 46.4 Å². The number of fused-ring (bicyclic) bond motifs is 1. The summed E-state index contributed by atoms with van der Waals surface area (Å²) >= 11 is 0. The van der Waals surface area contributed by atoms with Gasteiger partial charge in [0.15, 0.2) is 0 Å². The number of aromatic nitrogens is 1. The number of aromatic amines is 1. The van der Waals surface area contributed by atoms with E-state index in [1.807, 2.05) is 0 Å². The van der Waals surface area contributed by atoms with Crippen LogP contribution >= 0.6 is 0 Å². The predicted octanol–water partition coefficient (Wildman–Crippen LogP) is 4.44. The Morgan fingerprint density at radius 1 is 1.12 bits per heavy atom. The van der Waals surface area contributed by atoms with E-state index in [0.717, 1.165) is 11.8 Å². The molecule has 1 aromatic heterocycles. The Bertz CT molecular complexity index is 676. The Morgan fingerprint density at radius 2 is 1.96 bits per heavy atom. The van der Waals surface area contributed by atoms with Gasteiger partial charge < -0.3 is 15.2 Å². The highest BCUT2D eigenvalue weighted by molar-refractivity contribution is 5.85. The lowest BCUT2D eigenvalue weighted by Gasteiger charge is -2.33. The van der Waals surface area contributed by atoms with Crippen molar-refractivity contribution in [1.29, 1.82) is 0 Å². The summed E-state index contributed by atoms with van der Waals surface area (Å²) in [4.78, 5) is 6.29. The fraction of sp³-hybridized carbons (Fsp3) is 0.636. The van der Waals surface area contributed by atoms with Crippen molar-refractivity contribution in [2.24, 2.45) is 5.92 Å². The Morgan fingerprint density at radius 3 is 2.76 bits per heavy atom. The second-order valence-electron chi connectivity index (χ2n) is 8.18. The van der Waals surface area contributed by atoms with Gasteiger partial charge in [0.25, 0.3) is 0 Å². The number of H-pyrrole nitrogens is 1. The third-order valence-corrected chi connectivity index (χ3v) is 6.42. The molecule has 2 aromatic rings. The van der Waals surface area contributed by atoms with Gasteiger partial charge in [-0.15, -0.1) is 0 Å². The fourth-order valence-electron chi connectivity index (χ4n) is 5.04. The number of hydrogen-bond acceptors (Lipinski definition) is 2. The van der Waals surface area contributed by atoms with Crippen LogP contribution in [0.15, 0.2) is 24.3 Å². The molecule has 1 aromatic carbocycles. The summed E-state index contributed by atoms with van der Waals surface area (Å²) < 4.78 is 0. The quantitative estimate of drug-likeness (QED) is 0.844. The molecular weight excluding hydrogens is 306 g/mol. The van der Waals surface area contributed by atoms with Crippen LogP contribution in [-0.4, -0.2) is 42.6 Å². The average molecular weight is 340 g/mol. The Kier molecular flexibility index (Phi) is 5.42. The van der Waals surface area contributed by atoms with E-state index in [-0.39, 0.29) is 0 Å². The van der Waals surface area contributed by atoms with Crippen LogP contribution in [0.1, 0.15) is 55.7 Å². The van der Waals surface area contributed by atoms with Crippen LogP contribution in [0.3, 0.4) is 0 Å². The van der Waals surface area contributed by atoms with Gasteiger partial charge in [-0.1, -0.05) is 18.2 Å². The molecule has 0 radical (unpaired) electrons. The summed E-state index contributed by atoms with van der Waals surface area (Å²) in [5.41, 5.74) is 4.27. The third-order valence-electron chi connectivity index (χ3n) is 6.42. The molecule has 2 aliphatic rings. The second kappa shape index (κ2) is 7.92. The lowest BCUT2D eigenvalue weighted by atomic mass is 9.87. The van der Waals surface area contributed by atoms with Gasteiger partial charge in [-0.3, -0.25) is 0 Å². The molecule has 3 heteroatoms. The zero-order valence-electron chi connectivity index (χ0n) is 15.7. The molecule has 0 aliphatic carbocycles. The molecule has 0 amide bonds. The Hall–Kier alpha value is -1.32. The maximum atomic E-state index is 3.59. The van der Waals surface area contributed by atoms with E-state index in [0.29, 0.717) is 0 Å². The van der Waals surface area contributed by atoms with Gasteiger partial charge in [0.05, 0.1) is 0 Å². The summed E-state index contributed by atoms with van der Waals surface area (Å²) in [5, 5.41) is 5.00. The van der Waals surface area contributed by atoms with Crippen LogP contribution in [-0.2, 0) is 0 Å². The summed E-state index contributed by atoms with van der Waals surface area (Å²) in [6.07, 6.45) is 8.23. The number of hydrogen-bond donors (Lipinski definition) is 2. The Balaban J connectivity index is 1.28. The van der Waals surface area contributed by atoms with Gasteiger partial charge in [0.1, 0.15) is 0 Å². The van der Waals surface area contributed by atoms with Gasteiger partial charge >= 0.3 is 0 Å². The highest BCUT2D eigenvalue weighted by Gasteiger charge is 2.24. The standard InChI is InChI=1S/C22H33N3/c1-17-22(20-8-2-3-9-21(20)24-17)19-10-14-25(15-11-19)13-5-7-18-6-4-12-23-16-18/h2-3,8-9,18-19,23-24H,4-7,10-16H2,1H3. The lowest BCUT2D eigenvalue weighted by Crippen LogP contribution is -2.35. The van der Waals surface area contributed by atoms with Gasteiger partial charge in [-0.05, 0) is 102 Å². The van der Waals surface area contributed by atoms with Gasteiger partial charge in [-0.25, -0.2) is 0 Å². The number of nitrogens with zero attached hydrogens (tertiary/aromatic N) is 1. The highest BCUT2D eigenvalue weighted by Crippen LogP contribution is 2.35. The van der Waals surface area contributed by atoms with Gasteiger partial charge in [-0.2, -0.15) is 0 Å². The molecule has 1 unspecified atom stereocenters. The summed E-state index contributed by atoms with van der Waals surface area (Å²) in [6.45, 7) is 8.58. The van der Waals surface area contributed by atoms with Gasteiger partial charge in [0.2, 0.25) is 0 Å². The first kappa shape index (κ1) is 17.1. The minimum absolute atomic E-state index is 0.731. The number of piperidine rings is 2. The van der Waals surface area contributed by atoms with Crippen LogP contribution in [0, 0.1) is 12.8 Å². The first-order chi connectivity index (χ1) is 12.3. The van der Waals surface area contributed by atoms with Crippen LogP contribution in [0.4, 0.5) is 0 Å². The molecule has 0 saturated carbocycles. The minimum Gasteiger partial charge on any atom is -0.358 e. The maximum Gasteiger partial charge on any atom is 0.0458 e. The number of para-hydroxylation sites is 1. The molecule has 4 rings (SSSR count). The lowest BCUT2D eigenvalue weighted by molar-refractivity contribution is 0.202. The minimum atomic E-state index is 0.731. The zero-order valence-corrected chi connectivity index (χ0v) is 15.7. The zero-order chi connectivity index (χ0) is 17.1. The number of likely N-dealkylation sites (tertiary alicyclic amines) is 1. The van der Waals surface area contributed by atoms with Crippen molar-refractivity contribution >= 4 is 10.9 Å². The summed E-state index contributed by atoms with van der Waals surface area (Å²) in [6, 6.07) is 8.81. The SMILES string of the molecule is Cc1[nH]c2ccccc2c1C1CCN(CCCC2CCCNC2)CC1. The van der Waals surface area contributed by atoms with Crippen molar-refractivity contribution in [3.8, 4) is 0 Å². The van der Waals surface area contributed by atoms with E-state index in [1.165, 1.54) is 87.8 Å². The predicted molar refractivity (Wildman–Crippen MR) is 106 cm³/mol. The molecule has 0 bridgehead atoms. The summed E-state index contributed by atoms with van der Waals surface area (Å²) in [7, 11) is 0. The van der Waals surface area contributed by atoms with Crippen molar-refractivity contribution in [2.45, 2.75) is 51.4 Å². The molecule has 2 saturated heterocycles. The largest absolute Gasteiger partial charge is 0.358 e. The maximum absolute atomic E-state index is 3.59. The van der Waals surface area contributed by atoms with E-state index in [4.69, 9.17) is 0 Å². The van der Waals surface area contributed by atoms with Gasteiger partial charge in [0, 0.05) is 16.6 Å². The monoisotopic (exact) mass is 339 g/mol. The molecule has 2 fully saturated rings. The molecule has 2 N–H and O–H groups in total. The van der Waals surface area contributed by atoms with E-state index in [1.54, 1.807) is 5.56 Å². The van der Waals surface area contributed by atoms with Crippen molar-refractivity contribution in [3.05, 3.63) is 35.5 Å². The smallest absolute Gasteiger partial charge is 0.0458 e. The normalized spacial score (nSPS) is 23.3. The van der Waals surface area contributed by atoms with Crippen LogP contribution in [0.5, 0.6) is 0 Å².